The van der Waals surface area contributed by atoms with Crippen molar-refractivity contribution in [3.63, 3.8) is 0 Å². The quantitative estimate of drug-likeness (QED) is 0.288. The first-order valence-corrected chi connectivity index (χ1v) is 13.4. The average molecular weight is 549 g/mol. The summed E-state index contributed by atoms with van der Waals surface area (Å²) in [6.07, 6.45) is -0.759. The first-order valence-electron chi connectivity index (χ1n) is 11.6. The highest BCUT2D eigenvalue weighted by Gasteiger charge is 2.36. The Labute approximate surface area is 221 Å². The molecule has 0 aliphatic heterocycles. The molecule has 4 N–H and O–H groups in total. The van der Waals surface area contributed by atoms with Crippen molar-refractivity contribution >= 4 is 33.3 Å². The fraction of sp³-hybridized carbons (Fsp3) is 0.296. The van der Waals surface area contributed by atoms with Gasteiger partial charge in [-0.15, -0.1) is 0 Å². The van der Waals surface area contributed by atoms with E-state index in [1.54, 1.807) is 26.8 Å². The summed E-state index contributed by atoms with van der Waals surface area (Å²) in [4.78, 5) is 11.9. The Morgan fingerprint density at radius 3 is 2.41 bits per heavy atom. The van der Waals surface area contributed by atoms with Gasteiger partial charge in [0.25, 0.3) is 0 Å². The Kier molecular flexibility index (Phi) is 8.96. The van der Waals surface area contributed by atoms with Crippen molar-refractivity contribution in [2.75, 3.05) is 5.73 Å². The smallest absolute Gasteiger partial charge is 0.322 e. The topological polar surface area (TPSA) is 119 Å². The molecule has 0 amide bonds. The van der Waals surface area contributed by atoms with Crippen LogP contribution in [-0.2, 0) is 26.2 Å². The standard InChI is InChI=1S/C27H30ClFN2O5S/c1-15-10-11-22(29)24(16(15)2)17(3)25(27(32)33)31-37(34,35)26-21(12-20(28)13-23(26)30)18(4)36-14-19-8-6-5-7-9-19/h5-13,17-18,25,31H,14,30H2,1-4H3,(H,32,33). The van der Waals surface area contributed by atoms with Crippen LogP contribution in [0.5, 0.6) is 0 Å². The number of nitrogens with two attached hydrogens (primary N) is 1. The Morgan fingerprint density at radius 1 is 1.14 bits per heavy atom. The van der Waals surface area contributed by atoms with E-state index in [1.165, 1.54) is 25.1 Å². The molecule has 0 radical (unpaired) electrons. The van der Waals surface area contributed by atoms with Crippen molar-refractivity contribution in [2.24, 2.45) is 0 Å². The van der Waals surface area contributed by atoms with Crippen molar-refractivity contribution in [3.05, 3.63) is 93.3 Å². The molecule has 0 saturated heterocycles. The zero-order valence-corrected chi connectivity index (χ0v) is 22.5. The third-order valence-electron chi connectivity index (χ3n) is 6.40. The third kappa shape index (κ3) is 6.48. The molecule has 0 aliphatic rings. The Balaban J connectivity index is 1.99. The van der Waals surface area contributed by atoms with Crippen molar-refractivity contribution in [1.29, 1.82) is 0 Å². The van der Waals surface area contributed by atoms with Crippen molar-refractivity contribution in [1.82, 2.24) is 4.72 Å². The number of carbonyl (C=O) groups is 1. The van der Waals surface area contributed by atoms with Crippen LogP contribution in [0.15, 0.2) is 59.5 Å². The monoisotopic (exact) mass is 548 g/mol. The van der Waals surface area contributed by atoms with Gasteiger partial charge in [-0.25, -0.2) is 12.8 Å². The molecule has 0 fully saturated rings. The zero-order chi connectivity index (χ0) is 27.5. The van der Waals surface area contributed by atoms with Crippen LogP contribution in [0.4, 0.5) is 10.1 Å². The number of carboxylic acids is 1. The number of hydrogen-bond donors (Lipinski definition) is 3. The van der Waals surface area contributed by atoms with Gasteiger partial charge >= 0.3 is 5.97 Å². The molecular weight excluding hydrogens is 519 g/mol. The van der Waals surface area contributed by atoms with Crippen LogP contribution in [-0.4, -0.2) is 25.5 Å². The maximum atomic E-state index is 14.7. The van der Waals surface area contributed by atoms with E-state index >= 15 is 0 Å². The normalized spacial score (nSPS) is 14.2. The number of anilines is 1. The molecule has 0 bridgehead atoms. The van der Waals surface area contributed by atoms with Gasteiger partial charge in [-0.2, -0.15) is 4.72 Å². The lowest BCUT2D eigenvalue weighted by molar-refractivity contribution is -0.139. The van der Waals surface area contributed by atoms with Crippen molar-refractivity contribution in [3.8, 4) is 0 Å². The number of rotatable bonds is 10. The second kappa shape index (κ2) is 11.6. The summed E-state index contributed by atoms with van der Waals surface area (Å²) in [6.45, 7) is 6.74. The Bertz CT molecular complexity index is 1400. The molecule has 3 unspecified atom stereocenters. The van der Waals surface area contributed by atoms with Gasteiger partial charge in [-0.3, -0.25) is 4.79 Å². The second-order valence-corrected chi connectivity index (χ2v) is 11.1. The maximum absolute atomic E-state index is 14.7. The number of aryl methyl sites for hydroxylation is 1. The van der Waals surface area contributed by atoms with Crippen LogP contribution in [0.25, 0.3) is 0 Å². The number of hydrogen-bond acceptors (Lipinski definition) is 5. The highest BCUT2D eigenvalue weighted by Crippen LogP contribution is 2.35. The number of nitrogen functional groups attached to an aromatic ring is 1. The number of aliphatic carboxylic acids is 1. The molecule has 0 aromatic heterocycles. The highest BCUT2D eigenvalue weighted by molar-refractivity contribution is 7.89. The third-order valence-corrected chi connectivity index (χ3v) is 8.19. The van der Waals surface area contributed by atoms with Crippen molar-refractivity contribution in [2.45, 2.75) is 57.3 Å². The minimum atomic E-state index is -4.52. The summed E-state index contributed by atoms with van der Waals surface area (Å²) < 4.78 is 50.1. The van der Waals surface area contributed by atoms with Crippen LogP contribution >= 0.6 is 11.6 Å². The zero-order valence-electron chi connectivity index (χ0n) is 21.0. The Hall–Kier alpha value is -2.98. The maximum Gasteiger partial charge on any atom is 0.322 e. The van der Waals surface area contributed by atoms with Gasteiger partial charge in [-0.05, 0) is 61.2 Å². The fourth-order valence-electron chi connectivity index (χ4n) is 4.26. The summed E-state index contributed by atoms with van der Waals surface area (Å²) in [5.41, 5.74) is 8.40. The second-order valence-electron chi connectivity index (χ2n) is 8.98. The number of ether oxygens (including phenoxy) is 1. The lowest BCUT2D eigenvalue weighted by atomic mass is 9.88. The van der Waals surface area contributed by atoms with Gasteiger partial charge in [0, 0.05) is 16.5 Å². The molecule has 3 atom stereocenters. The summed E-state index contributed by atoms with van der Waals surface area (Å²) in [5, 5.41) is 10.1. The number of sulfonamides is 1. The molecule has 10 heteroatoms. The largest absolute Gasteiger partial charge is 0.480 e. The molecule has 198 valence electrons. The molecule has 0 heterocycles. The number of nitrogens with one attached hydrogen (secondary N) is 1. The molecule has 3 rings (SSSR count). The predicted molar refractivity (Wildman–Crippen MR) is 142 cm³/mol. The molecule has 7 nitrogen and oxygen atoms in total. The molecule has 0 spiro atoms. The summed E-state index contributed by atoms with van der Waals surface area (Å²) >= 11 is 6.18. The van der Waals surface area contributed by atoms with Gasteiger partial charge in [0.15, 0.2) is 0 Å². The minimum Gasteiger partial charge on any atom is -0.480 e. The van der Waals surface area contributed by atoms with E-state index in [2.05, 4.69) is 4.72 Å². The van der Waals surface area contributed by atoms with Gasteiger partial charge in [0.05, 0.1) is 18.4 Å². The van der Waals surface area contributed by atoms with Gasteiger partial charge < -0.3 is 15.6 Å². The lowest BCUT2D eigenvalue weighted by Gasteiger charge is -2.26. The van der Waals surface area contributed by atoms with Crippen LogP contribution in [0.1, 0.15) is 53.7 Å². The van der Waals surface area contributed by atoms with Gasteiger partial charge in [0.2, 0.25) is 10.0 Å². The minimum absolute atomic E-state index is 0.124. The number of carboxylic acid groups (broad SMARTS) is 1. The van der Waals surface area contributed by atoms with E-state index in [9.17, 15) is 22.7 Å². The van der Waals surface area contributed by atoms with Gasteiger partial charge in [0.1, 0.15) is 16.8 Å². The average Bonchev–Trinajstić information content (AvgIpc) is 2.83. The summed E-state index contributed by atoms with van der Waals surface area (Å²) in [7, 11) is -4.52. The molecular formula is C27H30ClFN2O5S. The first kappa shape index (κ1) is 28.6. The van der Waals surface area contributed by atoms with Crippen LogP contribution < -0.4 is 10.5 Å². The Morgan fingerprint density at radius 2 is 1.78 bits per heavy atom. The SMILES string of the molecule is Cc1ccc(F)c(C(C)C(NS(=O)(=O)c2c(N)cc(Cl)cc2C(C)OCc2ccccc2)C(=O)O)c1C. The molecule has 37 heavy (non-hydrogen) atoms. The van der Waals surface area contributed by atoms with Gasteiger partial charge in [-0.1, -0.05) is 54.9 Å². The molecule has 3 aromatic carbocycles. The van der Waals surface area contributed by atoms with E-state index in [-0.39, 0.29) is 33.3 Å². The van der Waals surface area contributed by atoms with Crippen LogP contribution in [0, 0.1) is 19.7 Å². The summed E-state index contributed by atoms with van der Waals surface area (Å²) in [5.74, 6) is -3.11. The van der Waals surface area contributed by atoms with Crippen molar-refractivity contribution < 1.29 is 27.4 Å². The van der Waals surface area contributed by atoms with Crippen LogP contribution in [0.3, 0.4) is 0 Å². The van der Waals surface area contributed by atoms with E-state index < -0.39 is 39.9 Å². The summed E-state index contributed by atoms with van der Waals surface area (Å²) in [6, 6.07) is 13.1. The number of benzene rings is 3. The highest BCUT2D eigenvalue weighted by atomic mass is 35.5. The molecule has 0 saturated carbocycles. The number of halogens is 2. The predicted octanol–water partition coefficient (Wildman–Crippen LogP) is 5.49. The first-order chi connectivity index (χ1) is 17.3. The molecule has 3 aromatic rings. The fourth-order valence-corrected chi connectivity index (χ4v) is 6.15. The van der Waals surface area contributed by atoms with Crippen LogP contribution in [0.2, 0.25) is 5.02 Å². The van der Waals surface area contributed by atoms with E-state index in [4.69, 9.17) is 22.1 Å². The van der Waals surface area contributed by atoms with E-state index in [0.29, 0.717) is 5.56 Å². The van der Waals surface area contributed by atoms with E-state index in [0.717, 1.165) is 11.1 Å². The lowest BCUT2D eigenvalue weighted by Crippen LogP contribution is -2.45. The molecule has 0 aliphatic carbocycles. The van der Waals surface area contributed by atoms with E-state index in [1.807, 2.05) is 30.3 Å².